The Bertz CT molecular complexity index is 685. The van der Waals surface area contributed by atoms with Crippen LogP contribution in [0, 0.1) is 17.0 Å². The van der Waals surface area contributed by atoms with E-state index in [0.717, 1.165) is 16.9 Å². The second kappa shape index (κ2) is 5.66. The summed E-state index contributed by atoms with van der Waals surface area (Å²) in [5.74, 6) is 0.446. The van der Waals surface area contributed by atoms with Crippen LogP contribution in [0.1, 0.15) is 5.56 Å². The smallest absolute Gasteiger partial charge is 0.276 e. The minimum Gasteiger partial charge on any atom is -0.383 e. The molecule has 0 saturated heterocycles. The summed E-state index contributed by atoms with van der Waals surface area (Å²) in [5.41, 5.74) is 8.48. The molecular weight excluding hydrogens is 270 g/mol. The molecule has 0 saturated carbocycles. The molecular formula is C14H17N5O2. The van der Waals surface area contributed by atoms with Crippen molar-refractivity contribution >= 4 is 28.7 Å². The van der Waals surface area contributed by atoms with E-state index in [1.807, 2.05) is 44.1 Å². The number of nitrogens with one attached hydrogen (secondary N) is 1. The van der Waals surface area contributed by atoms with E-state index in [1.54, 1.807) is 0 Å². The first kappa shape index (κ1) is 14.6. The van der Waals surface area contributed by atoms with Crippen LogP contribution in [0.4, 0.5) is 28.7 Å². The van der Waals surface area contributed by atoms with Gasteiger partial charge in [-0.05, 0) is 24.6 Å². The van der Waals surface area contributed by atoms with Crippen LogP contribution in [0.3, 0.4) is 0 Å². The van der Waals surface area contributed by atoms with E-state index in [4.69, 9.17) is 5.73 Å². The van der Waals surface area contributed by atoms with Crippen LogP contribution < -0.4 is 16.0 Å². The molecule has 1 aromatic heterocycles. The molecule has 0 bridgehead atoms. The number of hydrogen-bond donors (Lipinski definition) is 2. The Labute approximate surface area is 122 Å². The second-order valence-corrected chi connectivity index (χ2v) is 4.91. The van der Waals surface area contributed by atoms with Crippen molar-refractivity contribution in [3.05, 3.63) is 46.0 Å². The highest BCUT2D eigenvalue weighted by Gasteiger charge is 2.10. The lowest BCUT2D eigenvalue weighted by atomic mass is 10.1. The molecule has 0 radical (unpaired) electrons. The third kappa shape index (κ3) is 3.38. The van der Waals surface area contributed by atoms with E-state index >= 15 is 0 Å². The van der Waals surface area contributed by atoms with Gasteiger partial charge in [-0.1, -0.05) is 6.07 Å². The zero-order chi connectivity index (χ0) is 15.6. The molecule has 0 spiro atoms. The van der Waals surface area contributed by atoms with Crippen molar-refractivity contribution < 1.29 is 4.92 Å². The predicted octanol–water partition coefficient (Wildman–Crippen LogP) is 2.69. The summed E-state index contributed by atoms with van der Waals surface area (Å²) in [5, 5.41) is 13.9. The first-order chi connectivity index (χ1) is 9.86. The number of nitrogens with two attached hydrogens (primary N) is 1. The first-order valence-electron chi connectivity index (χ1n) is 6.34. The molecule has 0 unspecified atom stereocenters. The van der Waals surface area contributed by atoms with E-state index in [2.05, 4.69) is 10.3 Å². The van der Waals surface area contributed by atoms with Gasteiger partial charge in [-0.2, -0.15) is 0 Å². The SMILES string of the molecule is Cc1ccc(Nc2cc([N+](=O)[O-])cc(N)n2)cc1N(C)C. The summed E-state index contributed by atoms with van der Waals surface area (Å²) in [6, 6.07) is 8.39. The van der Waals surface area contributed by atoms with Crippen LogP contribution >= 0.6 is 0 Å². The van der Waals surface area contributed by atoms with Crippen molar-refractivity contribution in [1.82, 2.24) is 4.98 Å². The van der Waals surface area contributed by atoms with Gasteiger partial charge in [0, 0.05) is 25.5 Å². The van der Waals surface area contributed by atoms with Crippen LogP contribution in [-0.2, 0) is 0 Å². The maximum absolute atomic E-state index is 10.8. The number of nitrogen functional groups attached to an aromatic ring is 1. The predicted molar refractivity (Wildman–Crippen MR) is 84.1 cm³/mol. The van der Waals surface area contributed by atoms with E-state index in [9.17, 15) is 10.1 Å². The maximum Gasteiger partial charge on any atom is 0.276 e. The molecule has 3 N–H and O–H groups in total. The molecule has 2 aromatic rings. The van der Waals surface area contributed by atoms with Gasteiger partial charge in [0.1, 0.15) is 11.6 Å². The second-order valence-electron chi connectivity index (χ2n) is 4.91. The maximum atomic E-state index is 10.8. The Balaban J connectivity index is 2.34. The lowest BCUT2D eigenvalue weighted by Crippen LogP contribution is -2.10. The normalized spacial score (nSPS) is 10.2. The Morgan fingerprint density at radius 3 is 2.62 bits per heavy atom. The number of benzene rings is 1. The summed E-state index contributed by atoms with van der Waals surface area (Å²) >= 11 is 0. The highest BCUT2D eigenvalue weighted by molar-refractivity contribution is 5.67. The fourth-order valence-corrected chi connectivity index (χ4v) is 2.02. The number of aryl methyl sites for hydroxylation is 1. The van der Waals surface area contributed by atoms with Crippen molar-refractivity contribution in [3.63, 3.8) is 0 Å². The standard InChI is InChI=1S/C14H17N5O2/c1-9-4-5-10(6-12(9)18(2)3)16-14-8-11(19(20)21)7-13(15)17-14/h4-8H,1-3H3,(H3,15,16,17). The average Bonchev–Trinajstić information content (AvgIpc) is 2.40. The summed E-state index contributed by atoms with van der Waals surface area (Å²) < 4.78 is 0. The minimum absolute atomic E-state index is 0.0926. The van der Waals surface area contributed by atoms with Crippen LogP contribution in [0.2, 0.25) is 0 Å². The number of anilines is 4. The highest BCUT2D eigenvalue weighted by atomic mass is 16.6. The van der Waals surface area contributed by atoms with E-state index < -0.39 is 4.92 Å². The van der Waals surface area contributed by atoms with Crippen molar-refractivity contribution in [2.45, 2.75) is 6.92 Å². The largest absolute Gasteiger partial charge is 0.383 e. The van der Waals surface area contributed by atoms with Crippen LogP contribution in [0.15, 0.2) is 30.3 Å². The van der Waals surface area contributed by atoms with Gasteiger partial charge in [-0.3, -0.25) is 10.1 Å². The molecule has 0 aliphatic carbocycles. The number of hydrogen-bond acceptors (Lipinski definition) is 6. The van der Waals surface area contributed by atoms with Crippen LogP contribution in [0.5, 0.6) is 0 Å². The Morgan fingerprint density at radius 1 is 1.29 bits per heavy atom. The van der Waals surface area contributed by atoms with Gasteiger partial charge in [0.15, 0.2) is 0 Å². The first-order valence-corrected chi connectivity index (χ1v) is 6.34. The van der Waals surface area contributed by atoms with E-state index in [0.29, 0.717) is 5.82 Å². The zero-order valence-corrected chi connectivity index (χ0v) is 12.1. The summed E-state index contributed by atoms with van der Waals surface area (Å²) in [6.45, 7) is 2.02. The zero-order valence-electron chi connectivity index (χ0n) is 12.1. The Morgan fingerprint density at radius 2 is 2.00 bits per heavy atom. The monoisotopic (exact) mass is 287 g/mol. The van der Waals surface area contributed by atoms with E-state index in [-0.39, 0.29) is 11.5 Å². The number of nitro groups is 1. The average molecular weight is 287 g/mol. The Kier molecular flexibility index (Phi) is 3.93. The van der Waals surface area contributed by atoms with Gasteiger partial charge >= 0.3 is 0 Å². The molecule has 110 valence electrons. The molecule has 21 heavy (non-hydrogen) atoms. The fourth-order valence-electron chi connectivity index (χ4n) is 2.02. The van der Waals surface area contributed by atoms with Gasteiger partial charge < -0.3 is 16.0 Å². The highest BCUT2D eigenvalue weighted by Crippen LogP contribution is 2.26. The number of aromatic nitrogens is 1. The third-order valence-electron chi connectivity index (χ3n) is 3.00. The van der Waals surface area contributed by atoms with Gasteiger partial charge in [0.05, 0.1) is 17.1 Å². The molecule has 7 heteroatoms. The molecule has 0 aliphatic heterocycles. The van der Waals surface area contributed by atoms with Crippen LogP contribution in [0.25, 0.3) is 0 Å². The summed E-state index contributed by atoms with van der Waals surface area (Å²) in [4.78, 5) is 16.4. The molecule has 0 aliphatic rings. The van der Waals surface area contributed by atoms with Crippen LogP contribution in [-0.4, -0.2) is 24.0 Å². The van der Waals surface area contributed by atoms with Gasteiger partial charge in [-0.15, -0.1) is 0 Å². The summed E-state index contributed by atoms with van der Waals surface area (Å²) in [6.07, 6.45) is 0. The van der Waals surface area contributed by atoms with Gasteiger partial charge in [-0.25, -0.2) is 4.98 Å². The van der Waals surface area contributed by atoms with Crippen molar-refractivity contribution in [2.24, 2.45) is 0 Å². The minimum atomic E-state index is -0.496. The molecule has 0 amide bonds. The van der Waals surface area contributed by atoms with Crippen molar-refractivity contribution in [2.75, 3.05) is 30.0 Å². The number of rotatable bonds is 4. The van der Waals surface area contributed by atoms with Gasteiger partial charge in [0.25, 0.3) is 5.69 Å². The van der Waals surface area contributed by atoms with Crippen molar-refractivity contribution in [1.29, 1.82) is 0 Å². The quantitative estimate of drug-likeness (QED) is 0.662. The van der Waals surface area contributed by atoms with Gasteiger partial charge in [0.2, 0.25) is 0 Å². The molecule has 1 heterocycles. The molecule has 0 fully saturated rings. The fraction of sp³-hybridized carbons (Fsp3) is 0.214. The lowest BCUT2D eigenvalue weighted by Gasteiger charge is -2.17. The lowest BCUT2D eigenvalue weighted by molar-refractivity contribution is -0.384. The van der Waals surface area contributed by atoms with E-state index in [1.165, 1.54) is 12.1 Å². The molecule has 0 atom stereocenters. The number of nitrogens with zero attached hydrogens (tertiary/aromatic N) is 3. The topological polar surface area (TPSA) is 97.3 Å². The summed E-state index contributed by atoms with van der Waals surface area (Å²) in [7, 11) is 3.91. The number of pyridine rings is 1. The molecule has 1 aromatic carbocycles. The van der Waals surface area contributed by atoms with Crippen molar-refractivity contribution in [3.8, 4) is 0 Å². The molecule has 2 rings (SSSR count). The molecule has 7 nitrogen and oxygen atoms in total. The Hall–Kier alpha value is -2.83. The third-order valence-corrected chi connectivity index (χ3v) is 3.00.